The van der Waals surface area contributed by atoms with Gasteiger partial charge in [0, 0.05) is 19.6 Å². The van der Waals surface area contributed by atoms with Gasteiger partial charge < -0.3 is 9.84 Å². The van der Waals surface area contributed by atoms with Gasteiger partial charge >= 0.3 is 5.97 Å². The molecule has 0 radical (unpaired) electrons. The van der Waals surface area contributed by atoms with Gasteiger partial charge in [-0.1, -0.05) is 13.8 Å². The molecule has 1 aromatic heterocycles. The molecule has 1 saturated heterocycles. The van der Waals surface area contributed by atoms with E-state index < -0.39 is 11.4 Å². The van der Waals surface area contributed by atoms with Gasteiger partial charge in [-0.3, -0.25) is 4.79 Å². The zero-order chi connectivity index (χ0) is 14.6. The number of hydrogen-bond acceptors (Lipinski definition) is 5. The molecule has 1 aromatic rings. The molecular formula is C13H22N4O3. The van der Waals surface area contributed by atoms with Crippen LogP contribution in [0.5, 0.6) is 0 Å². The van der Waals surface area contributed by atoms with E-state index in [9.17, 15) is 9.90 Å². The Morgan fingerprint density at radius 3 is 2.75 bits per heavy atom. The van der Waals surface area contributed by atoms with Crippen LogP contribution >= 0.6 is 0 Å². The first kappa shape index (κ1) is 14.9. The number of nitrogens with zero attached hydrogens (tertiary/aromatic N) is 4. The van der Waals surface area contributed by atoms with Crippen LogP contribution in [0.25, 0.3) is 0 Å². The number of ether oxygens (including phenoxy) is 1. The number of aromatic nitrogens is 4. The predicted octanol–water partition coefficient (Wildman–Crippen LogP) is 1.14. The Balaban J connectivity index is 2.11. The first-order chi connectivity index (χ1) is 9.53. The van der Waals surface area contributed by atoms with Gasteiger partial charge in [-0.25, -0.2) is 4.68 Å². The minimum absolute atomic E-state index is 0.326. The second kappa shape index (κ2) is 6.30. The maximum absolute atomic E-state index is 11.6. The van der Waals surface area contributed by atoms with Crippen LogP contribution in [0.3, 0.4) is 0 Å². The third-order valence-corrected chi connectivity index (χ3v) is 3.91. The van der Waals surface area contributed by atoms with Crippen LogP contribution in [0.2, 0.25) is 0 Å². The summed E-state index contributed by atoms with van der Waals surface area (Å²) in [5.74, 6) is 0.550. The molecule has 0 amide bonds. The first-order valence-corrected chi connectivity index (χ1v) is 7.10. The van der Waals surface area contributed by atoms with Crippen molar-refractivity contribution in [2.24, 2.45) is 11.3 Å². The largest absolute Gasteiger partial charge is 0.481 e. The molecule has 0 spiro atoms. The lowest BCUT2D eigenvalue weighted by Crippen LogP contribution is -2.41. The number of hydrogen-bond donors (Lipinski definition) is 1. The molecule has 1 N–H and O–H groups in total. The second-order valence-electron chi connectivity index (χ2n) is 5.88. The standard InChI is InChI=1S/C13H22N4O3/c1-10(2)3-4-11-14-15-16-17(11)9-13(12(18)19)5-7-20-8-6-13/h10H,3-9H2,1-2H3,(H,18,19). The fourth-order valence-electron chi connectivity index (χ4n) is 2.43. The van der Waals surface area contributed by atoms with Gasteiger partial charge in [0.15, 0.2) is 5.82 Å². The molecule has 0 unspecified atom stereocenters. The van der Waals surface area contributed by atoms with Crippen LogP contribution in [0.1, 0.15) is 38.9 Å². The van der Waals surface area contributed by atoms with Crippen molar-refractivity contribution < 1.29 is 14.6 Å². The van der Waals surface area contributed by atoms with Gasteiger partial charge in [-0.15, -0.1) is 5.10 Å². The summed E-state index contributed by atoms with van der Waals surface area (Å²) in [5, 5.41) is 21.2. The van der Waals surface area contributed by atoms with E-state index in [1.807, 2.05) is 0 Å². The normalized spacial score (nSPS) is 18.4. The summed E-state index contributed by atoms with van der Waals surface area (Å²) in [7, 11) is 0. The number of tetrazole rings is 1. The molecule has 7 heteroatoms. The molecule has 1 fully saturated rings. The molecule has 0 atom stereocenters. The van der Waals surface area contributed by atoms with E-state index in [4.69, 9.17) is 4.74 Å². The van der Waals surface area contributed by atoms with E-state index in [1.165, 1.54) is 0 Å². The highest BCUT2D eigenvalue weighted by molar-refractivity contribution is 5.74. The van der Waals surface area contributed by atoms with Gasteiger partial charge in [0.05, 0.1) is 12.0 Å². The number of rotatable bonds is 6. The average molecular weight is 282 g/mol. The highest BCUT2D eigenvalue weighted by atomic mass is 16.5. The van der Waals surface area contributed by atoms with Crippen LogP contribution in [0.15, 0.2) is 0 Å². The highest BCUT2D eigenvalue weighted by Crippen LogP contribution is 2.32. The van der Waals surface area contributed by atoms with Gasteiger partial charge in [0.1, 0.15) is 0 Å². The van der Waals surface area contributed by atoms with Crippen molar-refractivity contribution in [1.82, 2.24) is 20.2 Å². The number of carboxylic acid groups (broad SMARTS) is 1. The van der Waals surface area contributed by atoms with Crippen molar-refractivity contribution in [3.63, 3.8) is 0 Å². The second-order valence-corrected chi connectivity index (χ2v) is 5.88. The zero-order valence-corrected chi connectivity index (χ0v) is 12.1. The first-order valence-electron chi connectivity index (χ1n) is 7.10. The Kier molecular flexibility index (Phi) is 4.69. The topological polar surface area (TPSA) is 90.1 Å². The maximum Gasteiger partial charge on any atom is 0.311 e. The molecule has 2 heterocycles. The number of carboxylic acids is 1. The third-order valence-electron chi connectivity index (χ3n) is 3.91. The Labute approximate surface area is 118 Å². The monoisotopic (exact) mass is 282 g/mol. The SMILES string of the molecule is CC(C)CCc1nnnn1CC1(C(=O)O)CCOCC1. The van der Waals surface area contributed by atoms with Crippen molar-refractivity contribution >= 4 is 5.97 Å². The Morgan fingerprint density at radius 1 is 1.45 bits per heavy atom. The molecular weight excluding hydrogens is 260 g/mol. The number of carbonyl (C=O) groups is 1. The molecule has 1 aliphatic rings. The summed E-state index contributed by atoms with van der Waals surface area (Å²) in [5.41, 5.74) is -0.805. The van der Waals surface area contributed by atoms with Crippen LogP contribution in [-0.4, -0.2) is 44.5 Å². The summed E-state index contributed by atoms with van der Waals surface area (Å²) in [6.07, 6.45) is 2.78. The summed E-state index contributed by atoms with van der Waals surface area (Å²) in [4.78, 5) is 11.6. The molecule has 7 nitrogen and oxygen atoms in total. The quantitative estimate of drug-likeness (QED) is 0.841. The molecule has 0 aliphatic carbocycles. The molecule has 2 rings (SSSR count). The lowest BCUT2D eigenvalue weighted by Gasteiger charge is -2.32. The Bertz CT molecular complexity index is 452. The van der Waals surface area contributed by atoms with E-state index >= 15 is 0 Å². The molecule has 1 aliphatic heterocycles. The molecule has 20 heavy (non-hydrogen) atoms. The zero-order valence-electron chi connectivity index (χ0n) is 12.1. The third kappa shape index (κ3) is 3.33. The van der Waals surface area contributed by atoms with Crippen LogP contribution in [0.4, 0.5) is 0 Å². The van der Waals surface area contributed by atoms with Crippen molar-refractivity contribution in [3.05, 3.63) is 5.82 Å². The van der Waals surface area contributed by atoms with E-state index in [2.05, 4.69) is 29.4 Å². The average Bonchev–Trinajstić information content (AvgIpc) is 2.84. The van der Waals surface area contributed by atoms with Crippen molar-refractivity contribution in [1.29, 1.82) is 0 Å². The Morgan fingerprint density at radius 2 is 2.15 bits per heavy atom. The van der Waals surface area contributed by atoms with Crippen LogP contribution < -0.4 is 0 Å². The summed E-state index contributed by atoms with van der Waals surface area (Å²) in [6.45, 7) is 5.58. The Hall–Kier alpha value is -1.50. The van der Waals surface area contributed by atoms with Crippen molar-refractivity contribution in [3.8, 4) is 0 Å². The van der Waals surface area contributed by atoms with Crippen LogP contribution in [-0.2, 0) is 22.5 Å². The molecule has 112 valence electrons. The van der Waals surface area contributed by atoms with E-state index in [0.29, 0.717) is 38.5 Å². The summed E-state index contributed by atoms with van der Waals surface area (Å²) < 4.78 is 6.93. The highest BCUT2D eigenvalue weighted by Gasteiger charge is 2.41. The van der Waals surface area contributed by atoms with E-state index in [-0.39, 0.29) is 0 Å². The predicted molar refractivity (Wildman–Crippen MR) is 71.1 cm³/mol. The number of aliphatic carboxylic acids is 1. The maximum atomic E-state index is 11.6. The minimum atomic E-state index is -0.805. The lowest BCUT2D eigenvalue weighted by atomic mass is 9.80. The molecule has 0 saturated carbocycles. The minimum Gasteiger partial charge on any atom is -0.481 e. The van der Waals surface area contributed by atoms with Gasteiger partial charge in [-0.2, -0.15) is 0 Å². The molecule has 0 aromatic carbocycles. The van der Waals surface area contributed by atoms with Crippen molar-refractivity contribution in [2.75, 3.05) is 13.2 Å². The summed E-state index contributed by atoms with van der Waals surface area (Å²) in [6, 6.07) is 0. The van der Waals surface area contributed by atoms with Crippen molar-refractivity contribution in [2.45, 2.75) is 46.1 Å². The summed E-state index contributed by atoms with van der Waals surface area (Å²) >= 11 is 0. The van der Waals surface area contributed by atoms with Gasteiger partial charge in [0.25, 0.3) is 0 Å². The fraction of sp³-hybridized carbons (Fsp3) is 0.846. The van der Waals surface area contributed by atoms with Crippen LogP contribution in [0, 0.1) is 11.3 Å². The van der Waals surface area contributed by atoms with Gasteiger partial charge in [0.2, 0.25) is 0 Å². The molecule has 0 bridgehead atoms. The number of aryl methyl sites for hydroxylation is 1. The van der Waals surface area contributed by atoms with E-state index in [0.717, 1.165) is 18.7 Å². The smallest absolute Gasteiger partial charge is 0.311 e. The fourth-order valence-corrected chi connectivity index (χ4v) is 2.43. The lowest BCUT2D eigenvalue weighted by molar-refractivity contribution is -0.156. The van der Waals surface area contributed by atoms with Gasteiger partial charge in [-0.05, 0) is 35.6 Å². The van der Waals surface area contributed by atoms with E-state index in [1.54, 1.807) is 4.68 Å².